The van der Waals surface area contributed by atoms with Gasteiger partial charge in [0, 0.05) is 11.1 Å². The zero-order valence-corrected chi connectivity index (χ0v) is 11.0. The molecule has 0 radical (unpaired) electrons. The van der Waals surface area contributed by atoms with Gasteiger partial charge in [0.2, 0.25) is 0 Å². The van der Waals surface area contributed by atoms with Crippen LogP contribution in [0.5, 0.6) is 0 Å². The lowest BCUT2D eigenvalue weighted by Gasteiger charge is -2.04. The van der Waals surface area contributed by atoms with Crippen molar-refractivity contribution in [3.8, 4) is 22.5 Å². The highest BCUT2D eigenvalue weighted by molar-refractivity contribution is 6.17. The normalized spacial score (nSPS) is 10.7. The first-order valence-corrected chi connectivity index (χ1v) is 6.26. The molecule has 0 bridgehead atoms. The first-order valence-electron chi connectivity index (χ1n) is 6.26. The second kappa shape index (κ2) is 4.90. The predicted molar refractivity (Wildman–Crippen MR) is 77.4 cm³/mol. The van der Waals surface area contributed by atoms with Crippen LogP contribution in [0, 0.1) is 5.82 Å². The quantitative estimate of drug-likeness (QED) is 0.729. The lowest BCUT2D eigenvalue weighted by molar-refractivity contribution is -0.130. The number of carboxylic acid groups (broad SMARTS) is 1. The molecule has 0 fully saturated rings. The topological polar surface area (TPSA) is 50.4 Å². The van der Waals surface area contributed by atoms with Gasteiger partial charge >= 0.3 is 5.97 Å². The van der Waals surface area contributed by atoms with Crippen LogP contribution in [0.1, 0.15) is 5.56 Å². The van der Waals surface area contributed by atoms with E-state index in [9.17, 15) is 9.18 Å². The van der Waals surface area contributed by atoms with Crippen molar-refractivity contribution in [3.63, 3.8) is 0 Å². The number of aliphatic carboxylic acids is 1. The van der Waals surface area contributed by atoms with E-state index in [-0.39, 0.29) is 11.4 Å². The molecule has 3 rings (SSSR count). The van der Waals surface area contributed by atoms with E-state index in [1.54, 1.807) is 24.3 Å². The van der Waals surface area contributed by atoms with Gasteiger partial charge in [-0.3, -0.25) is 0 Å². The fraction of sp³-hybridized carbons (Fsp3) is 0. The lowest BCUT2D eigenvalue weighted by atomic mass is 10.0. The van der Waals surface area contributed by atoms with Crippen molar-refractivity contribution in [3.05, 3.63) is 66.7 Å². The van der Waals surface area contributed by atoms with E-state index < -0.39 is 5.97 Å². The van der Waals surface area contributed by atoms with Crippen molar-refractivity contribution in [2.24, 2.45) is 0 Å². The predicted octanol–water partition coefficient (Wildman–Crippen LogP) is 4.29. The molecule has 0 atom stereocenters. The Balaban J connectivity index is 2.22. The minimum Gasteiger partial charge on any atom is -0.478 e. The molecule has 2 aliphatic rings. The maximum Gasteiger partial charge on any atom is 0.335 e. The summed E-state index contributed by atoms with van der Waals surface area (Å²) < 4.78 is 18.5. The number of fused-ring (bicyclic) bond motifs is 1. The van der Waals surface area contributed by atoms with Crippen LogP contribution in [0.25, 0.3) is 28.0 Å². The highest BCUT2D eigenvalue weighted by atomic mass is 19.1. The fourth-order valence-electron chi connectivity index (χ4n) is 2.30. The molecule has 0 amide bonds. The highest BCUT2D eigenvalue weighted by Crippen LogP contribution is 2.41. The van der Waals surface area contributed by atoms with Gasteiger partial charge in [-0.05, 0) is 41.5 Å². The second-order valence-corrected chi connectivity index (χ2v) is 4.62. The zero-order chi connectivity index (χ0) is 15.0. The summed E-state index contributed by atoms with van der Waals surface area (Å²) in [6, 6.07) is 11.3. The van der Waals surface area contributed by atoms with E-state index in [1.807, 2.05) is 6.07 Å². The Hall–Kier alpha value is -2.88. The largest absolute Gasteiger partial charge is 0.478 e. The molecule has 0 spiro atoms. The summed E-state index contributed by atoms with van der Waals surface area (Å²) in [7, 11) is 0. The number of rotatable bonds is 3. The zero-order valence-electron chi connectivity index (χ0n) is 11.0. The molecule has 21 heavy (non-hydrogen) atoms. The average Bonchev–Trinajstić information content (AvgIpc) is 2.87. The summed E-state index contributed by atoms with van der Waals surface area (Å²) in [5.41, 5.74) is 2.72. The second-order valence-electron chi connectivity index (χ2n) is 4.62. The van der Waals surface area contributed by atoms with E-state index in [4.69, 9.17) is 9.52 Å². The monoisotopic (exact) mass is 282 g/mol. The van der Waals surface area contributed by atoms with Crippen molar-refractivity contribution in [1.29, 1.82) is 0 Å². The molecule has 104 valence electrons. The Morgan fingerprint density at radius 3 is 2.52 bits per heavy atom. The molecule has 1 heterocycles. The van der Waals surface area contributed by atoms with Crippen molar-refractivity contribution < 1.29 is 18.7 Å². The SMILES string of the molecule is C=C(C(=O)O)c1cc(-c2ccc(F)cc2)c2cccoc1-2. The van der Waals surface area contributed by atoms with Gasteiger partial charge in [-0.1, -0.05) is 18.7 Å². The van der Waals surface area contributed by atoms with Gasteiger partial charge < -0.3 is 9.52 Å². The summed E-state index contributed by atoms with van der Waals surface area (Å²) in [5, 5.41) is 9.12. The molecule has 3 nitrogen and oxygen atoms in total. The molecule has 0 saturated heterocycles. The van der Waals surface area contributed by atoms with Gasteiger partial charge in [-0.15, -0.1) is 0 Å². The molecule has 1 aromatic rings. The summed E-state index contributed by atoms with van der Waals surface area (Å²) in [6.07, 6.45) is 1.48. The number of halogens is 1. The van der Waals surface area contributed by atoms with E-state index in [0.29, 0.717) is 11.3 Å². The third-order valence-electron chi connectivity index (χ3n) is 3.33. The molecule has 4 heteroatoms. The summed E-state index contributed by atoms with van der Waals surface area (Å²) in [5.74, 6) is -0.967. The summed E-state index contributed by atoms with van der Waals surface area (Å²) in [4.78, 5) is 11.1. The minimum atomic E-state index is -1.10. The minimum absolute atomic E-state index is 0.0386. The van der Waals surface area contributed by atoms with Crippen molar-refractivity contribution in [2.45, 2.75) is 0 Å². The van der Waals surface area contributed by atoms with Gasteiger partial charge in [-0.2, -0.15) is 0 Å². The Morgan fingerprint density at radius 2 is 1.86 bits per heavy atom. The molecule has 0 saturated carbocycles. The summed E-state index contributed by atoms with van der Waals surface area (Å²) >= 11 is 0. The van der Waals surface area contributed by atoms with Crippen LogP contribution in [0.3, 0.4) is 0 Å². The smallest absolute Gasteiger partial charge is 0.335 e. The van der Waals surface area contributed by atoms with Crippen molar-refractivity contribution in [1.82, 2.24) is 0 Å². The van der Waals surface area contributed by atoms with Crippen molar-refractivity contribution >= 4 is 11.5 Å². The maximum atomic E-state index is 13.0. The maximum absolute atomic E-state index is 13.0. The number of benzene rings is 1. The number of hydrogen-bond acceptors (Lipinski definition) is 2. The molecule has 1 aromatic carbocycles. The number of carboxylic acids is 1. The standard InChI is InChI=1S/C17H11FO3/c1-10(17(19)20)14-9-15(11-4-6-12(18)7-5-11)13-3-2-8-21-16(13)14/h2-9H,1H2,(H,19,20). The lowest BCUT2D eigenvalue weighted by Crippen LogP contribution is -1.97. The number of carbonyl (C=O) groups is 1. The van der Waals surface area contributed by atoms with Gasteiger partial charge in [0.15, 0.2) is 0 Å². The van der Waals surface area contributed by atoms with Gasteiger partial charge in [0.25, 0.3) is 0 Å². The molecule has 0 unspecified atom stereocenters. The Bertz CT molecular complexity index is 799. The average molecular weight is 282 g/mol. The first kappa shape index (κ1) is 13.1. The van der Waals surface area contributed by atoms with Gasteiger partial charge in [0.05, 0.1) is 11.8 Å². The molecule has 0 aromatic heterocycles. The Morgan fingerprint density at radius 1 is 1.14 bits per heavy atom. The molecule has 1 aliphatic heterocycles. The summed E-state index contributed by atoms with van der Waals surface area (Å²) in [6.45, 7) is 3.58. The van der Waals surface area contributed by atoms with E-state index in [1.165, 1.54) is 18.4 Å². The molecule has 1 aliphatic carbocycles. The van der Waals surface area contributed by atoms with Crippen LogP contribution in [-0.4, -0.2) is 11.1 Å². The Kier molecular flexibility index (Phi) is 3.06. The molecule has 1 N–H and O–H groups in total. The number of hydrogen-bond donors (Lipinski definition) is 1. The fourth-order valence-corrected chi connectivity index (χ4v) is 2.30. The van der Waals surface area contributed by atoms with E-state index >= 15 is 0 Å². The third-order valence-corrected chi connectivity index (χ3v) is 3.33. The molecular weight excluding hydrogens is 271 g/mol. The van der Waals surface area contributed by atoms with Crippen LogP contribution in [0.2, 0.25) is 0 Å². The first-order chi connectivity index (χ1) is 10.1. The van der Waals surface area contributed by atoms with E-state index in [0.717, 1.165) is 16.7 Å². The van der Waals surface area contributed by atoms with Crippen LogP contribution in [0.15, 0.2) is 59.7 Å². The van der Waals surface area contributed by atoms with E-state index in [2.05, 4.69) is 6.58 Å². The van der Waals surface area contributed by atoms with Gasteiger partial charge in [0.1, 0.15) is 11.6 Å². The van der Waals surface area contributed by atoms with Crippen LogP contribution in [0.4, 0.5) is 4.39 Å². The third kappa shape index (κ3) is 2.21. The molecular formula is C17H11FO3. The van der Waals surface area contributed by atoms with Crippen molar-refractivity contribution in [2.75, 3.05) is 0 Å². The van der Waals surface area contributed by atoms with Crippen LogP contribution < -0.4 is 0 Å². The Labute approximate surface area is 120 Å². The van der Waals surface area contributed by atoms with Crippen LogP contribution >= 0.6 is 0 Å². The highest BCUT2D eigenvalue weighted by Gasteiger charge is 2.23. The van der Waals surface area contributed by atoms with Gasteiger partial charge in [-0.25, -0.2) is 9.18 Å². The van der Waals surface area contributed by atoms with Crippen LogP contribution in [-0.2, 0) is 4.79 Å².